The zero-order chi connectivity index (χ0) is 39.9. The van der Waals surface area contributed by atoms with E-state index >= 15 is 0 Å². The van der Waals surface area contributed by atoms with Crippen molar-refractivity contribution in [3.8, 4) is 34.2 Å². The van der Waals surface area contributed by atoms with Crippen LogP contribution in [0.5, 0.6) is 5.75 Å². The molecule has 4 heterocycles. The number of aliphatic hydroxyl groups is 1. The number of carboxylic acid groups (broad SMARTS) is 1. The molecule has 3 aromatic carbocycles. The standard InChI is InChI=1S/C42H38Cl2N8O5/c43-35-12-28(19-49-37(23-53)42(55)56)39(57-24-27-11-26(14-45)16-46-17-27)13-29(35)22-52-38-6-2-3-31(34(38)21-50-52)32-4-1-5-33(41(32)44)36-9-7-25(18-48-36)15-47-20-30-8-10-40(54)51-30/h1-7,9,11-13,16-18,21,30,37,47,49,53H,8,10,15,19-20,22-24H2,(H,51,54)(H,55,56)/t30-,37-/m0/s1. The van der Waals surface area contributed by atoms with Crippen LogP contribution in [0.4, 0.5) is 0 Å². The largest absolute Gasteiger partial charge is 0.489 e. The van der Waals surface area contributed by atoms with Crippen molar-refractivity contribution in [3.63, 3.8) is 0 Å². The molecule has 15 heteroatoms. The molecule has 290 valence electrons. The van der Waals surface area contributed by atoms with E-state index in [4.69, 9.17) is 38.0 Å². The fourth-order valence-electron chi connectivity index (χ4n) is 6.76. The van der Waals surface area contributed by atoms with Gasteiger partial charge in [-0.15, -0.1) is 0 Å². The summed E-state index contributed by atoms with van der Waals surface area (Å²) in [6, 6.07) is 22.0. The lowest BCUT2D eigenvalue weighted by Crippen LogP contribution is -2.39. The minimum absolute atomic E-state index is 0.0520. The summed E-state index contributed by atoms with van der Waals surface area (Å²) in [4.78, 5) is 31.9. The van der Waals surface area contributed by atoms with E-state index in [-0.39, 0.29) is 31.6 Å². The fourth-order valence-corrected chi connectivity index (χ4v) is 7.33. The zero-order valence-corrected chi connectivity index (χ0v) is 32.1. The Kier molecular flexibility index (Phi) is 12.4. The molecule has 7 rings (SSSR count). The summed E-state index contributed by atoms with van der Waals surface area (Å²) in [6.45, 7) is 1.16. The highest BCUT2D eigenvalue weighted by Gasteiger charge is 2.21. The molecule has 1 saturated heterocycles. The zero-order valence-electron chi connectivity index (χ0n) is 30.6. The molecule has 1 aliphatic heterocycles. The van der Waals surface area contributed by atoms with Crippen molar-refractivity contribution in [2.75, 3.05) is 13.2 Å². The van der Waals surface area contributed by atoms with Crippen molar-refractivity contribution in [1.82, 2.24) is 35.7 Å². The number of carbonyl (C=O) groups excluding carboxylic acids is 1. The van der Waals surface area contributed by atoms with Crippen molar-refractivity contribution in [2.45, 2.75) is 51.2 Å². The molecular formula is C42H38Cl2N8O5. The van der Waals surface area contributed by atoms with Gasteiger partial charge in [0, 0.05) is 83.4 Å². The highest BCUT2D eigenvalue weighted by molar-refractivity contribution is 6.36. The number of hydrogen-bond acceptors (Lipinski definition) is 10. The Bertz CT molecular complexity index is 2470. The molecule has 3 aromatic heterocycles. The molecule has 13 nitrogen and oxygen atoms in total. The summed E-state index contributed by atoms with van der Waals surface area (Å²) < 4.78 is 8.05. The van der Waals surface area contributed by atoms with Crippen LogP contribution in [0, 0.1) is 11.3 Å². The van der Waals surface area contributed by atoms with Crippen LogP contribution in [0.25, 0.3) is 33.3 Å². The number of ether oxygens (including phenoxy) is 1. The molecule has 0 spiro atoms. The Labute approximate surface area is 338 Å². The van der Waals surface area contributed by atoms with E-state index in [1.54, 1.807) is 30.6 Å². The maximum Gasteiger partial charge on any atom is 0.323 e. The van der Waals surface area contributed by atoms with Gasteiger partial charge in [0.1, 0.15) is 24.5 Å². The van der Waals surface area contributed by atoms with Crippen LogP contribution in [0.15, 0.2) is 91.5 Å². The third-order valence-electron chi connectivity index (χ3n) is 9.77. The van der Waals surface area contributed by atoms with Crippen LogP contribution in [-0.4, -0.2) is 67.1 Å². The minimum atomic E-state index is -1.19. The van der Waals surface area contributed by atoms with Crippen molar-refractivity contribution in [2.24, 2.45) is 0 Å². The lowest BCUT2D eigenvalue weighted by atomic mass is 9.98. The second-order valence-corrected chi connectivity index (χ2v) is 14.5. The first kappa shape index (κ1) is 39.4. The molecular weight excluding hydrogens is 767 g/mol. The molecule has 57 heavy (non-hydrogen) atoms. The van der Waals surface area contributed by atoms with Crippen LogP contribution in [0.1, 0.15) is 40.7 Å². The van der Waals surface area contributed by atoms with Crippen molar-refractivity contribution >= 4 is 46.0 Å². The molecule has 2 atom stereocenters. The van der Waals surface area contributed by atoms with Gasteiger partial charge in [0.05, 0.1) is 41.1 Å². The van der Waals surface area contributed by atoms with Gasteiger partial charge < -0.3 is 25.6 Å². The summed E-state index contributed by atoms with van der Waals surface area (Å²) in [5, 5.41) is 44.1. The predicted octanol–water partition coefficient (Wildman–Crippen LogP) is 5.87. The third kappa shape index (κ3) is 9.23. The third-order valence-corrected chi connectivity index (χ3v) is 10.5. The highest BCUT2D eigenvalue weighted by Crippen LogP contribution is 2.39. The summed E-state index contributed by atoms with van der Waals surface area (Å²) >= 11 is 14.0. The van der Waals surface area contributed by atoms with Crippen LogP contribution in [-0.2, 0) is 35.8 Å². The number of fused-ring (bicyclic) bond motifs is 1. The molecule has 1 amide bonds. The van der Waals surface area contributed by atoms with E-state index in [0.717, 1.165) is 45.3 Å². The van der Waals surface area contributed by atoms with Gasteiger partial charge >= 0.3 is 5.97 Å². The first-order valence-corrected chi connectivity index (χ1v) is 19.0. The number of aliphatic hydroxyl groups excluding tert-OH is 1. The summed E-state index contributed by atoms with van der Waals surface area (Å²) in [6.07, 6.45) is 8.11. The molecule has 1 fully saturated rings. The molecule has 0 aliphatic carbocycles. The number of nitrogens with zero attached hydrogens (tertiary/aromatic N) is 5. The predicted molar refractivity (Wildman–Crippen MR) is 215 cm³/mol. The Morgan fingerprint density at radius 1 is 1.00 bits per heavy atom. The maximum atomic E-state index is 11.6. The van der Waals surface area contributed by atoms with Gasteiger partial charge in [-0.1, -0.05) is 59.6 Å². The average Bonchev–Trinajstić information content (AvgIpc) is 3.84. The Balaban J connectivity index is 1.12. The topological polar surface area (TPSA) is 187 Å². The van der Waals surface area contributed by atoms with Gasteiger partial charge in [0.15, 0.2) is 0 Å². The number of pyridine rings is 2. The van der Waals surface area contributed by atoms with Gasteiger partial charge in [-0.25, -0.2) is 0 Å². The first-order valence-electron chi connectivity index (χ1n) is 18.2. The van der Waals surface area contributed by atoms with E-state index < -0.39 is 18.6 Å². The van der Waals surface area contributed by atoms with Crippen LogP contribution < -0.4 is 20.7 Å². The van der Waals surface area contributed by atoms with Gasteiger partial charge in [-0.2, -0.15) is 10.4 Å². The summed E-state index contributed by atoms with van der Waals surface area (Å²) in [7, 11) is 0. The van der Waals surface area contributed by atoms with E-state index in [2.05, 4.69) is 27.0 Å². The summed E-state index contributed by atoms with van der Waals surface area (Å²) in [5.41, 5.74) is 7.46. The highest BCUT2D eigenvalue weighted by atomic mass is 35.5. The van der Waals surface area contributed by atoms with Crippen LogP contribution >= 0.6 is 23.2 Å². The SMILES string of the molecule is N#Cc1cncc(COc2cc(Cn3ncc4c(-c5cccc(-c6ccc(CNC[C@@H]7CCC(=O)N7)cn6)c5Cl)cccc43)c(Cl)cc2CN[C@@H](CO)C(=O)O)c1. The van der Waals surface area contributed by atoms with E-state index in [1.165, 1.54) is 6.20 Å². The van der Waals surface area contributed by atoms with E-state index in [0.29, 0.717) is 57.6 Å². The second kappa shape index (κ2) is 17.9. The van der Waals surface area contributed by atoms with Gasteiger partial charge in [0.2, 0.25) is 5.91 Å². The molecule has 6 aromatic rings. The molecule has 5 N–H and O–H groups in total. The average molecular weight is 806 g/mol. The van der Waals surface area contributed by atoms with Gasteiger partial charge in [-0.05, 0) is 53.4 Å². The minimum Gasteiger partial charge on any atom is -0.489 e. The molecule has 0 unspecified atom stereocenters. The molecule has 0 bridgehead atoms. The quantitative estimate of drug-likeness (QED) is 0.0788. The Morgan fingerprint density at radius 3 is 2.58 bits per heavy atom. The summed E-state index contributed by atoms with van der Waals surface area (Å²) in [5.74, 6) is -0.655. The van der Waals surface area contributed by atoms with Crippen molar-refractivity contribution in [1.29, 1.82) is 5.26 Å². The number of halogens is 2. The second-order valence-electron chi connectivity index (χ2n) is 13.7. The first-order chi connectivity index (χ1) is 27.7. The van der Waals surface area contributed by atoms with Crippen molar-refractivity contribution < 1.29 is 24.5 Å². The molecule has 0 saturated carbocycles. The van der Waals surface area contributed by atoms with E-state index in [1.807, 2.05) is 59.4 Å². The van der Waals surface area contributed by atoms with Gasteiger partial charge in [-0.3, -0.25) is 29.6 Å². The van der Waals surface area contributed by atoms with Crippen molar-refractivity contribution in [3.05, 3.63) is 129 Å². The Morgan fingerprint density at radius 2 is 1.82 bits per heavy atom. The molecule has 0 radical (unpaired) electrons. The smallest absolute Gasteiger partial charge is 0.323 e. The maximum absolute atomic E-state index is 11.6. The molecule has 1 aliphatic rings. The number of aliphatic carboxylic acids is 1. The lowest BCUT2D eigenvalue weighted by Gasteiger charge is -2.18. The number of hydrogen-bond donors (Lipinski definition) is 5. The van der Waals surface area contributed by atoms with Crippen LogP contribution in [0.3, 0.4) is 0 Å². The lowest BCUT2D eigenvalue weighted by molar-refractivity contribution is -0.140. The number of nitriles is 1. The number of benzene rings is 3. The monoisotopic (exact) mass is 804 g/mol. The fraction of sp³-hybridized carbons (Fsp3) is 0.238. The van der Waals surface area contributed by atoms with Gasteiger partial charge in [0.25, 0.3) is 0 Å². The number of amides is 1. The normalized spacial score (nSPS) is 14.4. The number of aromatic nitrogens is 4. The number of nitrogens with one attached hydrogen (secondary N) is 3. The number of carboxylic acids is 1. The number of carbonyl (C=O) groups is 2. The van der Waals surface area contributed by atoms with Crippen LogP contribution in [0.2, 0.25) is 10.0 Å². The number of rotatable bonds is 16. The Hall–Kier alpha value is -5.88. The van der Waals surface area contributed by atoms with E-state index in [9.17, 15) is 25.1 Å².